The van der Waals surface area contributed by atoms with Crippen LogP contribution < -0.4 is 11.1 Å². The van der Waals surface area contributed by atoms with E-state index in [0.717, 1.165) is 25.9 Å². The molecule has 0 atom stereocenters. The maximum Gasteiger partial charge on any atom is 0.337 e. The Labute approximate surface area is 127 Å². The quantitative estimate of drug-likeness (QED) is 0.781. The van der Waals surface area contributed by atoms with Crippen LogP contribution in [0.1, 0.15) is 23.2 Å². The lowest BCUT2D eigenvalue weighted by Crippen LogP contribution is -2.43. The van der Waals surface area contributed by atoms with Crippen molar-refractivity contribution in [2.24, 2.45) is 5.73 Å². The summed E-state index contributed by atoms with van der Waals surface area (Å²) in [5, 5.41) is 12.1. The first-order chi connectivity index (χ1) is 9.95. The summed E-state index contributed by atoms with van der Waals surface area (Å²) in [7, 11) is 0. The maximum atomic E-state index is 12.0. The Hall–Kier alpha value is -1.63. The number of carbonyl (C=O) groups excluding carboxylic acids is 1. The summed E-state index contributed by atoms with van der Waals surface area (Å²) < 4.78 is 0. The molecule has 0 radical (unpaired) electrons. The highest BCUT2D eigenvalue weighted by Gasteiger charge is 2.19. The van der Waals surface area contributed by atoms with Gasteiger partial charge >= 0.3 is 5.97 Å². The second-order valence-corrected chi connectivity index (χ2v) is 5.59. The van der Waals surface area contributed by atoms with Gasteiger partial charge in [-0.2, -0.15) is 0 Å². The second kappa shape index (κ2) is 6.89. The fourth-order valence-corrected chi connectivity index (χ4v) is 2.48. The summed E-state index contributed by atoms with van der Waals surface area (Å²) in [4.78, 5) is 25.2. The summed E-state index contributed by atoms with van der Waals surface area (Å²) in [6.45, 7) is 1.77. The van der Waals surface area contributed by atoms with Gasteiger partial charge in [-0.15, -0.1) is 0 Å². The normalized spacial score (nSPS) is 16.7. The molecular formula is C14H18ClN3O3. The monoisotopic (exact) mass is 311 g/mol. The van der Waals surface area contributed by atoms with Crippen LogP contribution in [0.2, 0.25) is 5.02 Å². The van der Waals surface area contributed by atoms with E-state index in [1.807, 2.05) is 4.90 Å². The summed E-state index contributed by atoms with van der Waals surface area (Å²) >= 11 is 5.84. The number of hydrogen-bond donors (Lipinski definition) is 3. The zero-order chi connectivity index (χ0) is 15.4. The van der Waals surface area contributed by atoms with E-state index in [1.165, 1.54) is 18.2 Å². The van der Waals surface area contributed by atoms with Crippen molar-refractivity contribution in [3.05, 3.63) is 28.8 Å². The van der Waals surface area contributed by atoms with Crippen LogP contribution >= 0.6 is 11.6 Å². The van der Waals surface area contributed by atoms with Crippen LogP contribution in [0.25, 0.3) is 0 Å². The average Bonchev–Trinajstić information content (AvgIpc) is 2.41. The van der Waals surface area contributed by atoms with Gasteiger partial charge in [-0.25, -0.2) is 4.79 Å². The van der Waals surface area contributed by atoms with Gasteiger partial charge in [-0.05, 0) is 31.0 Å². The molecule has 1 aromatic carbocycles. The number of nitrogens with two attached hydrogens (primary N) is 1. The Kier molecular flexibility index (Phi) is 5.17. The number of carboxylic acids is 1. The average molecular weight is 312 g/mol. The van der Waals surface area contributed by atoms with Crippen molar-refractivity contribution in [2.45, 2.75) is 18.9 Å². The number of carboxylic acid groups (broad SMARTS) is 1. The van der Waals surface area contributed by atoms with Gasteiger partial charge in [-0.3, -0.25) is 9.69 Å². The minimum Gasteiger partial charge on any atom is -0.478 e. The van der Waals surface area contributed by atoms with Crippen molar-refractivity contribution < 1.29 is 14.7 Å². The van der Waals surface area contributed by atoms with Crippen LogP contribution in [0.3, 0.4) is 0 Å². The van der Waals surface area contributed by atoms with Gasteiger partial charge in [-0.1, -0.05) is 11.6 Å². The van der Waals surface area contributed by atoms with Crippen molar-refractivity contribution in [1.29, 1.82) is 0 Å². The fourth-order valence-electron chi connectivity index (χ4n) is 2.31. The molecule has 1 aromatic rings. The van der Waals surface area contributed by atoms with Crippen molar-refractivity contribution in [3.8, 4) is 0 Å². The number of amides is 1. The van der Waals surface area contributed by atoms with E-state index in [4.69, 9.17) is 22.4 Å². The molecule has 0 aromatic heterocycles. The fraction of sp³-hybridized carbons (Fsp3) is 0.429. The number of likely N-dealkylation sites (tertiary alicyclic amines) is 1. The lowest BCUT2D eigenvalue weighted by Gasteiger charge is -2.29. The molecule has 1 aliphatic rings. The largest absolute Gasteiger partial charge is 0.478 e. The van der Waals surface area contributed by atoms with Gasteiger partial charge in [0.2, 0.25) is 5.91 Å². The van der Waals surface area contributed by atoms with Gasteiger partial charge in [0, 0.05) is 24.2 Å². The number of carbonyl (C=O) groups is 2. The van der Waals surface area contributed by atoms with E-state index >= 15 is 0 Å². The molecule has 21 heavy (non-hydrogen) atoms. The van der Waals surface area contributed by atoms with E-state index in [1.54, 1.807) is 0 Å². The number of halogens is 1. The topological polar surface area (TPSA) is 95.7 Å². The Morgan fingerprint density at radius 1 is 1.38 bits per heavy atom. The molecule has 1 heterocycles. The first-order valence-corrected chi connectivity index (χ1v) is 7.14. The Bertz CT molecular complexity index is 542. The molecule has 0 spiro atoms. The molecule has 0 bridgehead atoms. The van der Waals surface area contributed by atoms with E-state index in [2.05, 4.69) is 5.32 Å². The third-order valence-electron chi connectivity index (χ3n) is 3.49. The molecule has 7 heteroatoms. The predicted octanol–water partition coefficient (Wildman–Crippen LogP) is 1.40. The lowest BCUT2D eigenvalue weighted by molar-refractivity contribution is -0.117. The Balaban J connectivity index is 1.99. The van der Waals surface area contributed by atoms with E-state index in [-0.39, 0.29) is 29.7 Å². The highest BCUT2D eigenvalue weighted by atomic mass is 35.5. The Morgan fingerprint density at radius 2 is 2.05 bits per heavy atom. The van der Waals surface area contributed by atoms with E-state index in [9.17, 15) is 9.59 Å². The van der Waals surface area contributed by atoms with Crippen molar-refractivity contribution >= 4 is 29.2 Å². The number of rotatable bonds is 4. The highest BCUT2D eigenvalue weighted by molar-refractivity contribution is 6.31. The van der Waals surface area contributed by atoms with Gasteiger partial charge < -0.3 is 16.2 Å². The first kappa shape index (κ1) is 15.8. The summed E-state index contributed by atoms with van der Waals surface area (Å²) in [6, 6.07) is 4.50. The van der Waals surface area contributed by atoms with E-state index < -0.39 is 5.97 Å². The molecule has 0 unspecified atom stereocenters. The van der Waals surface area contributed by atoms with Crippen LogP contribution in [-0.2, 0) is 4.79 Å². The zero-order valence-electron chi connectivity index (χ0n) is 11.5. The number of aromatic carboxylic acids is 1. The molecule has 6 nitrogen and oxygen atoms in total. The smallest absolute Gasteiger partial charge is 0.337 e. The molecule has 1 aliphatic heterocycles. The van der Waals surface area contributed by atoms with E-state index in [0.29, 0.717) is 5.02 Å². The third-order valence-corrected chi connectivity index (χ3v) is 3.72. The van der Waals surface area contributed by atoms with Crippen molar-refractivity contribution in [2.75, 3.05) is 25.0 Å². The van der Waals surface area contributed by atoms with Gasteiger partial charge in [0.25, 0.3) is 0 Å². The zero-order valence-corrected chi connectivity index (χ0v) is 12.3. The van der Waals surface area contributed by atoms with Crippen molar-refractivity contribution in [1.82, 2.24) is 4.90 Å². The summed E-state index contributed by atoms with van der Waals surface area (Å²) in [6.07, 6.45) is 1.73. The van der Waals surface area contributed by atoms with Gasteiger partial charge in [0.15, 0.2) is 0 Å². The Morgan fingerprint density at radius 3 is 2.67 bits per heavy atom. The van der Waals surface area contributed by atoms with Crippen LogP contribution in [-0.4, -0.2) is 47.6 Å². The molecule has 114 valence electrons. The lowest BCUT2D eigenvalue weighted by atomic mass is 10.1. The van der Waals surface area contributed by atoms with Gasteiger partial charge in [0.1, 0.15) is 0 Å². The van der Waals surface area contributed by atoms with Gasteiger partial charge in [0.05, 0.1) is 17.8 Å². The van der Waals surface area contributed by atoms with Crippen LogP contribution in [0.5, 0.6) is 0 Å². The molecule has 0 saturated carbocycles. The van der Waals surface area contributed by atoms with Crippen LogP contribution in [0.4, 0.5) is 5.69 Å². The maximum absolute atomic E-state index is 12.0. The number of piperidine rings is 1. The number of hydrogen-bond acceptors (Lipinski definition) is 4. The standard InChI is InChI=1S/C14H18ClN3O3/c15-9-1-2-11(14(20)21)12(7-9)17-13(19)8-18-5-3-10(16)4-6-18/h1-2,7,10H,3-6,8,16H2,(H,17,19)(H,20,21). The molecule has 4 N–H and O–H groups in total. The summed E-state index contributed by atoms with van der Waals surface area (Å²) in [5.74, 6) is -1.36. The summed E-state index contributed by atoms with van der Waals surface area (Å²) in [5.41, 5.74) is 6.05. The number of nitrogens with one attached hydrogen (secondary N) is 1. The second-order valence-electron chi connectivity index (χ2n) is 5.16. The molecule has 2 rings (SSSR count). The van der Waals surface area contributed by atoms with Crippen LogP contribution in [0, 0.1) is 0 Å². The third kappa shape index (κ3) is 4.42. The predicted molar refractivity (Wildman–Crippen MR) is 80.7 cm³/mol. The minimum absolute atomic E-state index is 0.0217. The number of anilines is 1. The van der Waals surface area contributed by atoms with Crippen molar-refractivity contribution in [3.63, 3.8) is 0 Å². The molecule has 1 fully saturated rings. The number of nitrogens with zero attached hydrogens (tertiary/aromatic N) is 1. The molecule has 1 saturated heterocycles. The molecule has 0 aliphatic carbocycles. The SMILES string of the molecule is NC1CCN(CC(=O)Nc2cc(Cl)ccc2C(=O)O)CC1. The number of benzene rings is 1. The molecule has 1 amide bonds. The van der Waals surface area contributed by atoms with Crippen LogP contribution in [0.15, 0.2) is 18.2 Å². The first-order valence-electron chi connectivity index (χ1n) is 6.76. The minimum atomic E-state index is -1.11. The molecular weight excluding hydrogens is 294 g/mol. The highest BCUT2D eigenvalue weighted by Crippen LogP contribution is 2.21.